The van der Waals surface area contributed by atoms with E-state index in [9.17, 15) is 4.79 Å². The summed E-state index contributed by atoms with van der Waals surface area (Å²) < 4.78 is 0. The van der Waals surface area contributed by atoms with E-state index in [-0.39, 0.29) is 11.9 Å². The van der Waals surface area contributed by atoms with Gasteiger partial charge in [-0.15, -0.1) is 0 Å². The second-order valence-electron chi connectivity index (χ2n) is 4.06. The molecule has 0 aromatic heterocycles. The van der Waals surface area contributed by atoms with Gasteiger partial charge in [0.25, 0.3) is 0 Å². The van der Waals surface area contributed by atoms with Crippen LogP contribution in [0.25, 0.3) is 0 Å². The monoisotopic (exact) mass is 255 g/mol. The zero-order valence-corrected chi connectivity index (χ0v) is 11.3. The molecular weight excluding hydrogens is 238 g/mol. The number of nitrogens with one attached hydrogen (secondary N) is 2. The lowest BCUT2D eigenvalue weighted by molar-refractivity contribution is -0.117. The van der Waals surface area contributed by atoms with E-state index in [1.807, 2.05) is 31.1 Å². The fourth-order valence-electron chi connectivity index (χ4n) is 1.33. The zero-order valence-electron chi connectivity index (χ0n) is 10.5. The Morgan fingerprint density at radius 3 is 2.53 bits per heavy atom. The van der Waals surface area contributed by atoms with Crippen molar-refractivity contribution in [2.24, 2.45) is 0 Å². The Hall–Kier alpha value is -1.26. The molecule has 0 saturated heterocycles. The highest BCUT2D eigenvalue weighted by Gasteiger charge is 2.11. The minimum Gasteiger partial charge on any atom is -0.376 e. The maximum absolute atomic E-state index is 11.6. The molecule has 4 nitrogen and oxygen atoms in total. The minimum absolute atomic E-state index is 0.0823. The van der Waals surface area contributed by atoms with Crippen LogP contribution in [0.1, 0.15) is 6.92 Å². The van der Waals surface area contributed by atoms with Crippen molar-refractivity contribution in [2.75, 3.05) is 31.4 Å². The molecule has 0 bridgehead atoms. The number of rotatable bonds is 4. The molecule has 17 heavy (non-hydrogen) atoms. The standard InChI is InChI=1S/C12H18ClN3O/c1-8(14-2)12(17)15-9-5-6-11(16(3)4)10(13)7-9/h5-8,14H,1-4H3,(H,15,17). The molecule has 0 aliphatic rings. The van der Waals surface area contributed by atoms with Crippen molar-refractivity contribution in [2.45, 2.75) is 13.0 Å². The zero-order chi connectivity index (χ0) is 13.0. The van der Waals surface area contributed by atoms with Crippen molar-refractivity contribution < 1.29 is 4.79 Å². The Morgan fingerprint density at radius 2 is 2.06 bits per heavy atom. The van der Waals surface area contributed by atoms with Gasteiger partial charge in [0.05, 0.1) is 16.8 Å². The molecule has 0 aliphatic carbocycles. The molecule has 1 aromatic rings. The fraction of sp³-hybridized carbons (Fsp3) is 0.417. The number of carbonyl (C=O) groups excluding carboxylic acids is 1. The van der Waals surface area contributed by atoms with Crippen molar-refractivity contribution in [1.29, 1.82) is 0 Å². The molecule has 1 aromatic carbocycles. The Labute approximate surface area is 107 Å². The normalized spacial score (nSPS) is 12.1. The van der Waals surface area contributed by atoms with Crippen LogP contribution in [-0.2, 0) is 4.79 Å². The van der Waals surface area contributed by atoms with E-state index in [4.69, 9.17) is 11.6 Å². The Balaban J connectivity index is 2.81. The summed E-state index contributed by atoms with van der Waals surface area (Å²) >= 11 is 6.11. The Bertz CT molecular complexity index is 407. The molecule has 0 spiro atoms. The van der Waals surface area contributed by atoms with E-state index >= 15 is 0 Å². The number of hydrogen-bond acceptors (Lipinski definition) is 3. The summed E-state index contributed by atoms with van der Waals surface area (Å²) in [6, 6.07) is 5.22. The average Bonchev–Trinajstić information content (AvgIpc) is 2.27. The molecule has 94 valence electrons. The molecule has 1 unspecified atom stereocenters. The maximum atomic E-state index is 11.6. The van der Waals surface area contributed by atoms with Crippen molar-refractivity contribution in [1.82, 2.24) is 5.32 Å². The number of amides is 1. The first kappa shape index (κ1) is 13.8. The van der Waals surface area contributed by atoms with Crippen LogP contribution < -0.4 is 15.5 Å². The number of nitrogens with zero attached hydrogens (tertiary/aromatic N) is 1. The van der Waals surface area contributed by atoms with Gasteiger partial charge in [-0.3, -0.25) is 4.79 Å². The number of carbonyl (C=O) groups is 1. The van der Waals surface area contributed by atoms with Gasteiger partial charge in [0, 0.05) is 19.8 Å². The van der Waals surface area contributed by atoms with E-state index in [0.717, 1.165) is 5.69 Å². The van der Waals surface area contributed by atoms with E-state index in [1.165, 1.54) is 0 Å². The van der Waals surface area contributed by atoms with Crippen LogP contribution in [0.2, 0.25) is 5.02 Å². The number of hydrogen-bond donors (Lipinski definition) is 2. The highest BCUT2D eigenvalue weighted by atomic mass is 35.5. The summed E-state index contributed by atoms with van der Waals surface area (Å²) in [5.41, 5.74) is 1.62. The van der Waals surface area contributed by atoms with Crippen molar-refractivity contribution >= 4 is 28.9 Å². The predicted octanol–water partition coefficient (Wildman–Crippen LogP) is 1.95. The lowest BCUT2D eigenvalue weighted by Gasteiger charge is -2.16. The van der Waals surface area contributed by atoms with Gasteiger partial charge in [-0.1, -0.05) is 11.6 Å². The van der Waals surface area contributed by atoms with Gasteiger partial charge < -0.3 is 15.5 Å². The molecule has 1 atom stereocenters. The molecule has 5 heteroatoms. The van der Waals surface area contributed by atoms with Gasteiger partial charge in [-0.2, -0.15) is 0 Å². The van der Waals surface area contributed by atoms with Crippen LogP contribution in [0.4, 0.5) is 11.4 Å². The topological polar surface area (TPSA) is 44.4 Å². The summed E-state index contributed by atoms with van der Waals surface area (Å²) in [5, 5.41) is 6.29. The summed E-state index contributed by atoms with van der Waals surface area (Å²) in [5.74, 6) is -0.0823. The third kappa shape index (κ3) is 3.61. The molecule has 2 N–H and O–H groups in total. The lowest BCUT2D eigenvalue weighted by Crippen LogP contribution is -2.35. The fourth-order valence-corrected chi connectivity index (χ4v) is 1.68. The summed E-state index contributed by atoms with van der Waals surface area (Å²) in [6.07, 6.45) is 0. The number of anilines is 2. The highest BCUT2D eigenvalue weighted by Crippen LogP contribution is 2.27. The first-order valence-corrected chi connectivity index (χ1v) is 5.78. The molecule has 0 heterocycles. The third-order valence-corrected chi connectivity index (χ3v) is 2.83. The van der Waals surface area contributed by atoms with Crippen LogP contribution >= 0.6 is 11.6 Å². The van der Waals surface area contributed by atoms with E-state index in [1.54, 1.807) is 20.0 Å². The van der Waals surface area contributed by atoms with Crippen LogP contribution in [0.5, 0.6) is 0 Å². The van der Waals surface area contributed by atoms with Gasteiger partial charge in [0.15, 0.2) is 0 Å². The number of likely N-dealkylation sites (N-methyl/N-ethyl adjacent to an activating group) is 1. The van der Waals surface area contributed by atoms with Gasteiger partial charge in [0.2, 0.25) is 5.91 Å². The second-order valence-corrected chi connectivity index (χ2v) is 4.47. The molecule has 1 rings (SSSR count). The SMILES string of the molecule is CNC(C)C(=O)Nc1ccc(N(C)C)c(Cl)c1. The summed E-state index contributed by atoms with van der Waals surface area (Å²) in [7, 11) is 5.58. The molecular formula is C12H18ClN3O. The number of benzene rings is 1. The van der Waals surface area contributed by atoms with Crippen molar-refractivity contribution in [3.8, 4) is 0 Å². The third-order valence-electron chi connectivity index (χ3n) is 2.52. The number of halogens is 1. The molecule has 0 radical (unpaired) electrons. The molecule has 0 aliphatic heterocycles. The van der Waals surface area contributed by atoms with Gasteiger partial charge >= 0.3 is 0 Å². The summed E-state index contributed by atoms with van der Waals surface area (Å²) in [6.45, 7) is 1.80. The quantitative estimate of drug-likeness (QED) is 0.865. The second kappa shape index (κ2) is 5.89. The van der Waals surface area contributed by atoms with Crippen LogP contribution in [-0.4, -0.2) is 33.1 Å². The highest BCUT2D eigenvalue weighted by molar-refractivity contribution is 6.33. The lowest BCUT2D eigenvalue weighted by atomic mass is 10.2. The van der Waals surface area contributed by atoms with Gasteiger partial charge in [0.1, 0.15) is 0 Å². The van der Waals surface area contributed by atoms with Crippen molar-refractivity contribution in [3.05, 3.63) is 23.2 Å². The van der Waals surface area contributed by atoms with Crippen LogP contribution in [0.3, 0.4) is 0 Å². The minimum atomic E-state index is -0.234. The Morgan fingerprint density at radius 1 is 1.41 bits per heavy atom. The average molecular weight is 256 g/mol. The molecule has 1 amide bonds. The van der Waals surface area contributed by atoms with Crippen LogP contribution in [0, 0.1) is 0 Å². The molecule has 0 saturated carbocycles. The smallest absolute Gasteiger partial charge is 0.241 e. The predicted molar refractivity (Wildman–Crippen MR) is 72.9 cm³/mol. The largest absolute Gasteiger partial charge is 0.376 e. The van der Waals surface area contributed by atoms with Crippen LogP contribution in [0.15, 0.2) is 18.2 Å². The summed E-state index contributed by atoms with van der Waals surface area (Å²) in [4.78, 5) is 13.6. The van der Waals surface area contributed by atoms with Crippen molar-refractivity contribution in [3.63, 3.8) is 0 Å². The molecule has 0 fully saturated rings. The van der Waals surface area contributed by atoms with E-state index < -0.39 is 0 Å². The first-order valence-electron chi connectivity index (χ1n) is 5.40. The van der Waals surface area contributed by atoms with Gasteiger partial charge in [-0.05, 0) is 32.2 Å². The van der Waals surface area contributed by atoms with Gasteiger partial charge in [-0.25, -0.2) is 0 Å². The maximum Gasteiger partial charge on any atom is 0.241 e. The van der Waals surface area contributed by atoms with E-state index in [2.05, 4.69) is 10.6 Å². The Kier molecular flexibility index (Phi) is 4.78. The van der Waals surface area contributed by atoms with E-state index in [0.29, 0.717) is 10.7 Å². The first-order chi connectivity index (χ1) is 7.95.